The molecule has 2 aromatic carbocycles. The van der Waals surface area contributed by atoms with Gasteiger partial charge in [0.25, 0.3) is 11.8 Å². The van der Waals surface area contributed by atoms with E-state index in [-0.39, 0.29) is 31.3 Å². The highest BCUT2D eigenvalue weighted by atomic mass is 35.5. The van der Waals surface area contributed by atoms with Crippen LogP contribution in [0.5, 0.6) is 0 Å². The Morgan fingerprint density at radius 2 is 1.88 bits per heavy atom. The van der Waals surface area contributed by atoms with Gasteiger partial charge in [0.2, 0.25) is 5.91 Å². The molecule has 2 fully saturated rings. The van der Waals surface area contributed by atoms with Gasteiger partial charge in [-0.15, -0.1) is 0 Å². The molecule has 1 aromatic heterocycles. The highest BCUT2D eigenvalue weighted by molar-refractivity contribution is 6.36. The average Bonchev–Trinajstić information content (AvgIpc) is 3.60. The van der Waals surface area contributed by atoms with Crippen molar-refractivity contribution < 1.29 is 18.4 Å². The van der Waals surface area contributed by atoms with E-state index in [4.69, 9.17) is 28.2 Å². The number of nitrogens with one attached hydrogen (secondary N) is 2. The lowest BCUT2D eigenvalue weighted by Gasteiger charge is -2.22. The molecule has 2 amide bonds. The summed E-state index contributed by atoms with van der Waals surface area (Å²) in [5, 5.41) is 6.79. The smallest absolute Gasteiger partial charge is 0.266 e. The van der Waals surface area contributed by atoms with E-state index >= 15 is 0 Å². The van der Waals surface area contributed by atoms with Crippen LogP contribution in [-0.2, 0) is 24.8 Å². The van der Waals surface area contributed by atoms with Gasteiger partial charge in [-0.25, -0.2) is 13.8 Å². The van der Waals surface area contributed by atoms with Crippen LogP contribution in [0.4, 0.5) is 14.5 Å². The normalized spacial score (nSPS) is 16.8. The van der Waals surface area contributed by atoms with E-state index in [1.807, 2.05) is 32.4 Å². The van der Waals surface area contributed by atoms with Crippen molar-refractivity contribution in [2.75, 3.05) is 24.5 Å². The first kappa shape index (κ1) is 29.6. The monoisotopic (exact) mass is 605 g/mol. The third-order valence-corrected chi connectivity index (χ3v) is 8.64. The number of benzene rings is 2. The summed E-state index contributed by atoms with van der Waals surface area (Å²) in [6.45, 7) is 6.07. The van der Waals surface area contributed by atoms with Crippen molar-refractivity contribution in [1.29, 1.82) is 0 Å². The molecule has 5 rings (SSSR count). The lowest BCUT2D eigenvalue weighted by Crippen LogP contribution is -2.34. The van der Waals surface area contributed by atoms with Crippen molar-refractivity contribution in [3.63, 3.8) is 0 Å². The molecule has 1 saturated carbocycles. The number of carbonyl (C=O) groups excluding carboxylic acids is 2. The van der Waals surface area contributed by atoms with Crippen molar-refractivity contribution in [2.24, 2.45) is 18.4 Å². The van der Waals surface area contributed by atoms with Crippen LogP contribution in [0.15, 0.2) is 24.3 Å². The molecule has 0 radical (unpaired) electrons. The van der Waals surface area contributed by atoms with Gasteiger partial charge in [0, 0.05) is 50.0 Å². The zero-order chi connectivity index (χ0) is 29.7. The van der Waals surface area contributed by atoms with Gasteiger partial charge in [0.1, 0.15) is 5.82 Å². The Kier molecular flexibility index (Phi) is 7.98. The Bertz CT molecular complexity index is 1510. The van der Waals surface area contributed by atoms with E-state index in [0.717, 1.165) is 18.4 Å². The summed E-state index contributed by atoms with van der Waals surface area (Å²) in [7, 11) is 1.84. The number of carbonyl (C=O) groups is 2. The topological polar surface area (TPSA) is 79.3 Å². The fourth-order valence-electron chi connectivity index (χ4n) is 5.02. The molecule has 2 aliphatic rings. The number of hydrogen-bond acceptors (Lipinski definition) is 4. The molecular weight excluding hydrogens is 571 g/mol. The second-order valence-electron chi connectivity index (χ2n) is 12.2. The Morgan fingerprint density at radius 1 is 1.15 bits per heavy atom. The molecular formula is C30H35Cl2F2N5O2. The SMILES string of the molecule is Cn1c(Cc2c(Cl)ccc(CNC(=O)C(C)(C)C)c2Cl)nc2cc(C(=O)NCC3CC3)c(N3CCC(F)(F)C3)cc21. The molecule has 0 spiro atoms. The molecule has 41 heavy (non-hydrogen) atoms. The number of aromatic nitrogens is 2. The molecule has 7 nitrogen and oxygen atoms in total. The maximum absolute atomic E-state index is 14.2. The lowest BCUT2D eigenvalue weighted by molar-refractivity contribution is -0.128. The van der Waals surface area contributed by atoms with Crippen LogP contribution in [0.25, 0.3) is 11.0 Å². The highest BCUT2D eigenvalue weighted by Gasteiger charge is 2.39. The molecule has 2 heterocycles. The first-order valence-electron chi connectivity index (χ1n) is 13.9. The molecule has 1 saturated heterocycles. The number of aryl methyl sites for hydroxylation is 1. The number of halogens is 4. The minimum Gasteiger partial charge on any atom is -0.365 e. The standard InChI is InChI=1S/C30H35Cl2F2N5O2/c1-29(2,3)28(41)36-15-18-7-8-21(31)19(26(18)32)12-25-37-22-11-20(27(40)35-14-17-5-6-17)23(13-24(22)38(25)4)39-10-9-30(33,34)16-39/h7-8,11,13,17H,5-6,9-10,12,14-16H2,1-4H3,(H,35,40)(H,36,41). The second kappa shape index (κ2) is 11.1. The third-order valence-electron chi connectivity index (χ3n) is 7.82. The zero-order valence-corrected chi connectivity index (χ0v) is 25.2. The van der Waals surface area contributed by atoms with Gasteiger partial charge in [-0.05, 0) is 48.1 Å². The third kappa shape index (κ3) is 6.46. The Labute approximate surface area is 248 Å². The molecule has 0 unspecified atom stereocenters. The predicted molar refractivity (Wildman–Crippen MR) is 158 cm³/mol. The largest absolute Gasteiger partial charge is 0.365 e. The lowest BCUT2D eigenvalue weighted by atomic mass is 9.95. The quantitative estimate of drug-likeness (QED) is 0.324. The van der Waals surface area contributed by atoms with Crippen LogP contribution in [0.1, 0.15) is 67.3 Å². The molecule has 220 valence electrons. The van der Waals surface area contributed by atoms with E-state index < -0.39 is 17.9 Å². The maximum atomic E-state index is 14.2. The number of anilines is 1. The Balaban J connectivity index is 1.47. The Hall–Kier alpha value is -2.91. The zero-order valence-electron chi connectivity index (χ0n) is 23.7. The molecule has 3 aromatic rings. The van der Waals surface area contributed by atoms with Crippen molar-refractivity contribution in [2.45, 2.75) is 58.9 Å². The molecule has 11 heteroatoms. The minimum absolute atomic E-state index is 0.0936. The second-order valence-corrected chi connectivity index (χ2v) is 13.0. The van der Waals surface area contributed by atoms with Gasteiger partial charge < -0.3 is 20.1 Å². The van der Waals surface area contributed by atoms with Crippen LogP contribution in [-0.4, -0.2) is 46.9 Å². The number of fused-ring (bicyclic) bond motifs is 1. The van der Waals surface area contributed by atoms with Gasteiger partial charge >= 0.3 is 0 Å². The first-order chi connectivity index (χ1) is 19.2. The highest BCUT2D eigenvalue weighted by Crippen LogP contribution is 2.36. The fraction of sp³-hybridized carbons (Fsp3) is 0.500. The number of imidazole rings is 1. The fourth-order valence-corrected chi connectivity index (χ4v) is 5.59. The summed E-state index contributed by atoms with van der Waals surface area (Å²) in [5.74, 6) is -2.06. The summed E-state index contributed by atoms with van der Waals surface area (Å²) in [6, 6.07) is 7.00. The minimum atomic E-state index is -2.81. The summed E-state index contributed by atoms with van der Waals surface area (Å²) < 4.78 is 30.2. The first-order valence-corrected chi connectivity index (χ1v) is 14.6. The van der Waals surface area contributed by atoms with E-state index in [2.05, 4.69) is 10.6 Å². The molecule has 0 atom stereocenters. The number of hydrogen-bond donors (Lipinski definition) is 2. The predicted octanol–water partition coefficient (Wildman–Crippen LogP) is 6.12. The van der Waals surface area contributed by atoms with Crippen LogP contribution in [0.2, 0.25) is 10.0 Å². The summed E-state index contributed by atoms with van der Waals surface area (Å²) >= 11 is 13.3. The van der Waals surface area contributed by atoms with E-state index in [1.54, 1.807) is 29.2 Å². The molecule has 1 aliphatic heterocycles. The van der Waals surface area contributed by atoms with E-state index in [0.29, 0.717) is 62.6 Å². The van der Waals surface area contributed by atoms with Crippen molar-refractivity contribution in [3.8, 4) is 0 Å². The van der Waals surface area contributed by atoms with E-state index in [1.165, 1.54) is 0 Å². The Morgan fingerprint density at radius 3 is 2.51 bits per heavy atom. The maximum Gasteiger partial charge on any atom is 0.266 e. The molecule has 0 bridgehead atoms. The van der Waals surface area contributed by atoms with Gasteiger partial charge in [-0.1, -0.05) is 50.0 Å². The van der Waals surface area contributed by atoms with Gasteiger partial charge in [-0.2, -0.15) is 0 Å². The van der Waals surface area contributed by atoms with E-state index in [9.17, 15) is 18.4 Å². The summed E-state index contributed by atoms with van der Waals surface area (Å²) in [6.07, 6.45) is 2.21. The van der Waals surface area contributed by atoms with Crippen LogP contribution in [0.3, 0.4) is 0 Å². The average molecular weight is 607 g/mol. The van der Waals surface area contributed by atoms with Crippen molar-refractivity contribution in [3.05, 3.63) is 56.8 Å². The number of amides is 2. The van der Waals surface area contributed by atoms with Gasteiger partial charge in [-0.3, -0.25) is 9.59 Å². The van der Waals surface area contributed by atoms with Crippen LogP contribution >= 0.6 is 23.2 Å². The van der Waals surface area contributed by atoms with Crippen LogP contribution < -0.4 is 15.5 Å². The van der Waals surface area contributed by atoms with Crippen LogP contribution in [0, 0.1) is 11.3 Å². The van der Waals surface area contributed by atoms with Crippen molar-refractivity contribution >= 4 is 51.7 Å². The number of alkyl halides is 2. The van der Waals surface area contributed by atoms with Gasteiger partial charge in [0.05, 0.1) is 33.9 Å². The summed E-state index contributed by atoms with van der Waals surface area (Å²) in [5.41, 5.74) is 2.97. The van der Waals surface area contributed by atoms with Crippen molar-refractivity contribution in [1.82, 2.24) is 20.2 Å². The molecule has 1 aliphatic carbocycles. The number of nitrogens with zero attached hydrogens (tertiary/aromatic N) is 3. The summed E-state index contributed by atoms with van der Waals surface area (Å²) in [4.78, 5) is 32.0. The van der Waals surface area contributed by atoms with Gasteiger partial charge in [0.15, 0.2) is 0 Å². The number of rotatable bonds is 8. The molecule has 2 N–H and O–H groups in total.